The minimum absolute atomic E-state index is 0.224. The molecule has 3 unspecified atom stereocenters. The van der Waals surface area contributed by atoms with Gasteiger partial charge in [0.05, 0.1) is 12.6 Å². The smallest absolute Gasteiger partial charge is 0.229 e. The van der Waals surface area contributed by atoms with E-state index in [2.05, 4.69) is 13.8 Å². The van der Waals surface area contributed by atoms with E-state index in [1.54, 1.807) is 0 Å². The van der Waals surface area contributed by atoms with Crippen molar-refractivity contribution < 1.29 is 9.53 Å². The maximum atomic E-state index is 12.1. The Labute approximate surface area is 84.4 Å². The van der Waals surface area contributed by atoms with Gasteiger partial charge in [0, 0.05) is 5.92 Å². The summed E-state index contributed by atoms with van der Waals surface area (Å²) >= 11 is 0. The molecule has 1 aliphatic carbocycles. The Morgan fingerprint density at radius 1 is 1.36 bits per heavy atom. The van der Waals surface area contributed by atoms with Crippen LogP contribution in [0.15, 0.2) is 0 Å². The van der Waals surface area contributed by atoms with Gasteiger partial charge in [-0.25, -0.2) is 0 Å². The lowest BCUT2D eigenvalue weighted by Crippen LogP contribution is -2.47. The summed E-state index contributed by atoms with van der Waals surface area (Å²) in [5.74, 6) is 1.12. The van der Waals surface area contributed by atoms with Crippen molar-refractivity contribution in [2.75, 3.05) is 6.61 Å². The topological polar surface area (TPSA) is 29.5 Å². The molecule has 0 aromatic rings. The standard InChI is InChI=1S/C11H17NO2/c1-10(2)7-6-5-14-11(3,4)12(6)9(13)8(7)10/h6-8H,5H2,1-4H3. The van der Waals surface area contributed by atoms with Crippen molar-refractivity contribution in [3.63, 3.8) is 0 Å². The average molecular weight is 195 g/mol. The van der Waals surface area contributed by atoms with E-state index in [9.17, 15) is 4.79 Å². The Balaban J connectivity index is 1.97. The fraction of sp³-hybridized carbons (Fsp3) is 0.909. The van der Waals surface area contributed by atoms with E-state index in [1.807, 2.05) is 18.7 Å². The molecule has 0 aromatic carbocycles. The quantitative estimate of drug-likeness (QED) is 0.582. The van der Waals surface area contributed by atoms with Gasteiger partial charge in [-0.15, -0.1) is 0 Å². The van der Waals surface area contributed by atoms with Gasteiger partial charge in [0.25, 0.3) is 0 Å². The second-order valence-electron chi connectivity index (χ2n) is 5.86. The summed E-state index contributed by atoms with van der Waals surface area (Å²) in [5, 5.41) is 0. The summed E-state index contributed by atoms with van der Waals surface area (Å²) in [6.07, 6.45) is 0. The Hall–Kier alpha value is -0.570. The fourth-order valence-electron chi connectivity index (χ4n) is 3.54. The first-order valence-corrected chi connectivity index (χ1v) is 5.34. The molecule has 78 valence electrons. The zero-order valence-electron chi connectivity index (χ0n) is 9.20. The summed E-state index contributed by atoms with van der Waals surface area (Å²) in [5.41, 5.74) is -0.146. The van der Waals surface area contributed by atoms with Crippen LogP contribution in [0.2, 0.25) is 0 Å². The van der Waals surface area contributed by atoms with E-state index in [1.165, 1.54) is 0 Å². The van der Waals surface area contributed by atoms with Crippen LogP contribution in [0.3, 0.4) is 0 Å². The molecule has 1 amide bonds. The lowest BCUT2D eigenvalue weighted by atomic mass is 10.0. The van der Waals surface area contributed by atoms with Crippen molar-refractivity contribution in [2.24, 2.45) is 17.3 Å². The van der Waals surface area contributed by atoms with Crippen molar-refractivity contribution in [3.05, 3.63) is 0 Å². The zero-order valence-corrected chi connectivity index (χ0v) is 9.20. The summed E-state index contributed by atoms with van der Waals surface area (Å²) < 4.78 is 5.67. The van der Waals surface area contributed by atoms with Crippen LogP contribution in [0.25, 0.3) is 0 Å². The molecule has 3 aliphatic rings. The molecule has 0 aromatic heterocycles. The highest BCUT2D eigenvalue weighted by Crippen LogP contribution is 2.67. The highest BCUT2D eigenvalue weighted by Gasteiger charge is 2.74. The summed E-state index contributed by atoms with van der Waals surface area (Å²) in [6.45, 7) is 9.10. The number of fused-ring (bicyclic) bond motifs is 3. The predicted molar refractivity (Wildman–Crippen MR) is 51.4 cm³/mol. The molecule has 2 aliphatic heterocycles. The Morgan fingerprint density at radius 2 is 2.00 bits per heavy atom. The molecule has 3 rings (SSSR count). The Morgan fingerprint density at radius 3 is 2.64 bits per heavy atom. The maximum Gasteiger partial charge on any atom is 0.229 e. The van der Waals surface area contributed by atoms with E-state index >= 15 is 0 Å². The first kappa shape index (κ1) is 8.72. The normalized spacial score (nSPS) is 46.4. The van der Waals surface area contributed by atoms with Gasteiger partial charge in [-0.2, -0.15) is 0 Å². The molecule has 1 saturated carbocycles. The van der Waals surface area contributed by atoms with Gasteiger partial charge in [0.2, 0.25) is 5.91 Å². The summed E-state index contributed by atoms with van der Waals surface area (Å²) in [4.78, 5) is 14.1. The molecule has 0 bridgehead atoms. The van der Waals surface area contributed by atoms with Gasteiger partial charge in [0.15, 0.2) is 0 Å². The minimum Gasteiger partial charge on any atom is -0.354 e. The number of hydrogen-bond donors (Lipinski definition) is 0. The van der Waals surface area contributed by atoms with Gasteiger partial charge < -0.3 is 9.64 Å². The highest BCUT2D eigenvalue weighted by atomic mass is 16.5. The molecular weight excluding hydrogens is 178 g/mol. The molecule has 3 atom stereocenters. The number of carbonyl (C=O) groups is 1. The molecule has 3 heteroatoms. The molecule has 3 nitrogen and oxygen atoms in total. The first-order chi connectivity index (χ1) is 6.37. The van der Waals surface area contributed by atoms with E-state index in [-0.39, 0.29) is 17.1 Å². The molecule has 3 fully saturated rings. The van der Waals surface area contributed by atoms with Crippen molar-refractivity contribution in [2.45, 2.75) is 39.5 Å². The van der Waals surface area contributed by atoms with E-state index in [4.69, 9.17) is 4.74 Å². The second kappa shape index (κ2) is 2.01. The Bertz CT molecular complexity index is 321. The van der Waals surface area contributed by atoms with Gasteiger partial charge >= 0.3 is 0 Å². The summed E-state index contributed by atoms with van der Waals surface area (Å²) in [7, 11) is 0. The third-order valence-corrected chi connectivity index (χ3v) is 4.35. The van der Waals surface area contributed by atoms with Gasteiger partial charge in [-0.05, 0) is 25.2 Å². The number of rotatable bonds is 0. The van der Waals surface area contributed by atoms with Crippen LogP contribution in [0.1, 0.15) is 27.7 Å². The number of amides is 1. The van der Waals surface area contributed by atoms with E-state index in [0.29, 0.717) is 17.9 Å². The van der Waals surface area contributed by atoms with Crippen molar-refractivity contribution in [1.82, 2.24) is 4.90 Å². The first-order valence-electron chi connectivity index (χ1n) is 5.34. The maximum absolute atomic E-state index is 12.1. The number of ether oxygens (including phenoxy) is 1. The third kappa shape index (κ3) is 0.724. The SMILES string of the molecule is CC1(C)C2C(=O)N3C(COC3(C)C)C21. The van der Waals surface area contributed by atoms with Crippen molar-refractivity contribution in [3.8, 4) is 0 Å². The van der Waals surface area contributed by atoms with Crippen LogP contribution >= 0.6 is 0 Å². The molecular formula is C11H17NO2. The van der Waals surface area contributed by atoms with E-state index in [0.717, 1.165) is 6.61 Å². The van der Waals surface area contributed by atoms with E-state index < -0.39 is 0 Å². The second-order valence-corrected chi connectivity index (χ2v) is 5.86. The molecule has 0 radical (unpaired) electrons. The molecule has 0 N–H and O–H groups in total. The lowest BCUT2D eigenvalue weighted by Gasteiger charge is -2.32. The fourth-order valence-corrected chi connectivity index (χ4v) is 3.54. The van der Waals surface area contributed by atoms with Gasteiger partial charge in [-0.3, -0.25) is 4.79 Å². The van der Waals surface area contributed by atoms with Crippen LogP contribution in [0, 0.1) is 17.3 Å². The van der Waals surface area contributed by atoms with Crippen LogP contribution in [-0.2, 0) is 9.53 Å². The molecule has 2 heterocycles. The minimum atomic E-state index is -0.370. The van der Waals surface area contributed by atoms with Gasteiger partial charge in [-0.1, -0.05) is 13.8 Å². The van der Waals surface area contributed by atoms with Crippen molar-refractivity contribution >= 4 is 5.91 Å². The number of carbonyl (C=O) groups excluding carboxylic acids is 1. The molecule has 2 saturated heterocycles. The summed E-state index contributed by atoms with van der Waals surface area (Å²) in [6, 6.07) is 0.345. The zero-order chi connectivity index (χ0) is 10.3. The van der Waals surface area contributed by atoms with Crippen molar-refractivity contribution in [1.29, 1.82) is 0 Å². The van der Waals surface area contributed by atoms with Crippen LogP contribution in [-0.4, -0.2) is 29.2 Å². The third-order valence-electron chi connectivity index (χ3n) is 4.35. The Kier molecular flexibility index (Phi) is 1.25. The number of nitrogens with zero attached hydrogens (tertiary/aromatic N) is 1. The average Bonchev–Trinajstić information content (AvgIpc) is 2.38. The highest BCUT2D eigenvalue weighted by molar-refractivity contribution is 5.88. The number of piperidine rings is 1. The van der Waals surface area contributed by atoms with Gasteiger partial charge in [0.1, 0.15) is 5.72 Å². The van der Waals surface area contributed by atoms with Crippen LogP contribution in [0.5, 0.6) is 0 Å². The predicted octanol–water partition coefficient (Wildman–Crippen LogP) is 1.24. The van der Waals surface area contributed by atoms with Crippen LogP contribution in [0.4, 0.5) is 0 Å². The largest absolute Gasteiger partial charge is 0.354 e. The van der Waals surface area contributed by atoms with Crippen LogP contribution < -0.4 is 0 Å². The monoisotopic (exact) mass is 195 g/mol. The lowest BCUT2D eigenvalue weighted by molar-refractivity contribution is -0.145. The number of hydrogen-bond acceptors (Lipinski definition) is 2. The molecule has 0 spiro atoms. The molecule has 14 heavy (non-hydrogen) atoms.